The van der Waals surface area contributed by atoms with Gasteiger partial charge in [-0.3, -0.25) is 0 Å². The molecule has 0 aromatic rings. The van der Waals surface area contributed by atoms with Crippen LogP contribution in [-0.2, 0) is 14.9 Å². The van der Waals surface area contributed by atoms with E-state index >= 15 is 0 Å². The normalized spacial score (nSPS) is 28.2. The molecule has 1 fully saturated rings. The number of methoxy groups -OCH3 is 1. The zero-order chi connectivity index (χ0) is 12.2. The van der Waals surface area contributed by atoms with Crippen molar-refractivity contribution in [3.05, 3.63) is 0 Å². The first kappa shape index (κ1) is 13.9. The van der Waals surface area contributed by atoms with Gasteiger partial charge in [-0.1, -0.05) is 6.92 Å². The SMILES string of the molecule is CCNS(=O)(=O)N1CCC(OC)CC1CN. The van der Waals surface area contributed by atoms with E-state index in [1.807, 2.05) is 0 Å². The Bertz CT molecular complexity index is 307. The third-order valence-corrected chi connectivity index (χ3v) is 4.61. The summed E-state index contributed by atoms with van der Waals surface area (Å²) < 4.78 is 32.9. The fourth-order valence-corrected chi connectivity index (χ4v) is 3.44. The molecular formula is C9H21N3O3S. The van der Waals surface area contributed by atoms with E-state index in [0.717, 1.165) is 6.42 Å². The first-order chi connectivity index (χ1) is 7.55. The zero-order valence-electron chi connectivity index (χ0n) is 9.85. The minimum absolute atomic E-state index is 0.113. The van der Waals surface area contributed by atoms with Gasteiger partial charge in [0.1, 0.15) is 0 Å². The van der Waals surface area contributed by atoms with E-state index < -0.39 is 10.2 Å². The number of hydrogen-bond acceptors (Lipinski definition) is 4. The Balaban J connectivity index is 2.73. The summed E-state index contributed by atoms with van der Waals surface area (Å²) in [5.74, 6) is 0. The molecule has 1 aliphatic rings. The summed E-state index contributed by atoms with van der Waals surface area (Å²) in [6.07, 6.45) is 1.50. The molecule has 0 aliphatic carbocycles. The Labute approximate surface area is 97.3 Å². The second kappa shape index (κ2) is 5.92. The van der Waals surface area contributed by atoms with Crippen LogP contribution in [0.25, 0.3) is 0 Å². The summed E-state index contributed by atoms with van der Waals surface area (Å²) in [7, 11) is -1.73. The average Bonchev–Trinajstić information content (AvgIpc) is 2.28. The standard InChI is InChI=1S/C9H21N3O3S/c1-3-11-16(13,14)12-5-4-9(15-2)6-8(12)7-10/h8-9,11H,3-7,10H2,1-2H3. The van der Waals surface area contributed by atoms with Gasteiger partial charge in [-0.25, -0.2) is 4.72 Å². The van der Waals surface area contributed by atoms with Crippen LogP contribution in [0.15, 0.2) is 0 Å². The number of nitrogens with one attached hydrogen (secondary N) is 1. The predicted molar refractivity (Wildman–Crippen MR) is 62.2 cm³/mol. The van der Waals surface area contributed by atoms with Gasteiger partial charge in [-0.15, -0.1) is 0 Å². The molecule has 2 unspecified atom stereocenters. The maximum absolute atomic E-state index is 11.9. The lowest BCUT2D eigenvalue weighted by Crippen LogP contribution is -2.54. The van der Waals surface area contributed by atoms with Crippen molar-refractivity contribution in [2.45, 2.75) is 31.9 Å². The molecule has 0 aromatic carbocycles. The van der Waals surface area contributed by atoms with Gasteiger partial charge in [0, 0.05) is 32.8 Å². The zero-order valence-corrected chi connectivity index (χ0v) is 10.7. The molecule has 3 N–H and O–H groups in total. The Morgan fingerprint density at radius 1 is 1.56 bits per heavy atom. The van der Waals surface area contributed by atoms with Crippen molar-refractivity contribution >= 4 is 10.2 Å². The van der Waals surface area contributed by atoms with E-state index in [1.165, 1.54) is 4.31 Å². The molecule has 1 rings (SSSR count). The van der Waals surface area contributed by atoms with Crippen molar-refractivity contribution < 1.29 is 13.2 Å². The van der Waals surface area contributed by atoms with Gasteiger partial charge in [-0.05, 0) is 12.8 Å². The van der Waals surface area contributed by atoms with Crippen LogP contribution in [0.3, 0.4) is 0 Å². The molecule has 0 saturated carbocycles. The smallest absolute Gasteiger partial charge is 0.279 e. The lowest BCUT2D eigenvalue weighted by molar-refractivity contribution is 0.0398. The van der Waals surface area contributed by atoms with Crippen molar-refractivity contribution in [1.29, 1.82) is 0 Å². The van der Waals surface area contributed by atoms with Gasteiger partial charge in [0.25, 0.3) is 10.2 Å². The van der Waals surface area contributed by atoms with E-state index in [2.05, 4.69) is 4.72 Å². The molecule has 0 aromatic heterocycles. The highest BCUT2D eigenvalue weighted by molar-refractivity contribution is 7.87. The third kappa shape index (κ3) is 3.14. The molecule has 6 nitrogen and oxygen atoms in total. The monoisotopic (exact) mass is 251 g/mol. The molecule has 1 saturated heterocycles. The summed E-state index contributed by atoms with van der Waals surface area (Å²) in [6.45, 7) is 2.95. The largest absolute Gasteiger partial charge is 0.381 e. The van der Waals surface area contributed by atoms with Crippen molar-refractivity contribution in [2.24, 2.45) is 5.73 Å². The lowest BCUT2D eigenvalue weighted by Gasteiger charge is -2.37. The molecule has 0 spiro atoms. The molecule has 0 radical (unpaired) electrons. The summed E-state index contributed by atoms with van der Waals surface area (Å²) in [5.41, 5.74) is 5.61. The maximum Gasteiger partial charge on any atom is 0.279 e. The molecule has 1 aliphatic heterocycles. The highest BCUT2D eigenvalue weighted by Crippen LogP contribution is 2.21. The van der Waals surface area contributed by atoms with Crippen molar-refractivity contribution in [3.8, 4) is 0 Å². The number of hydrogen-bond donors (Lipinski definition) is 2. The van der Waals surface area contributed by atoms with E-state index in [4.69, 9.17) is 10.5 Å². The number of rotatable bonds is 5. The van der Waals surface area contributed by atoms with Gasteiger partial charge < -0.3 is 10.5 Å². The van der Waals surface area contributed by atoms with Gasteiger partial charge in [-0.2, -0.15) is 12.7 Å². The topological polar surface area (TPSA) is 84.7 Å². The second-order valence-corrected chi connectivity index (χ2v) is 5.59. The molecule has 7 heteroatoms. The summed E-state index contributed by atoms with van der Waals surface area (Å²) >= 11 is 0. The third-order valence-electron chi connectivity index (χ3n) is 2.85. The second-order valence-electron chi connectivity index (χ2n) is 3.89. The fourth-order valence-electron chi connectivity index (χ4n) is 2.00. The van der Waals surface area contributed by atoms with Crippen molar-refractivity contribution in [2.75, 3.05) is 26.7 Å². The number of piperidine rings is 1. The van der Waals surface area contributed by atoms with Gasteiger partial charge in [0.15, 0.2) is 0 Å². The Morgan fingerprint density at radius 3 is 2.75 bits per heavy atom. The van der Waals surface area contributed by atoms with E-state index in [9.17, 15) is 8.42 Å². The van der Waals surface area contributed by atoms with Crippen LogP contribution >= 0.6 is 0 Å². The molecule has 96 valence electrons. The number of ether oxygens (including phenoxy) is 1. The maximum atomic E-state index is 11.9. The molecule has 16 heavy (non-hydrogen) atoms. The summed E-state index contributed by atoms with van der Waals surface area (Å²) in [6, 6.07) is -0.164. The average molecular weight is 251 g/mol. The Kier molecular flexibility index (Phi) is 5.13. The van der Waals surface area contributed by atoms with Crippen LogP contribution in [0.1, 0.15) is 19.8 Å². The van der Waals surface area contributed by atoms with Crippen LogP contribution < -0.4 is 10.5 Å². The first-order valence-electron chi connectivity index (χ1n) is 5.54. The minimum Gasteiger partial charge on any atom is -0.381 e. The number of nitrogens with two attached hydrogens (primary N) is 1. The van der Waals surface area contributed by atoms with Crippen LogP contribution in [0.4, 0.5) is 0 Å². The minimum atomic E-state index is -3.38. The van der Waals surface area contributed by atoms with Crippen LogP contribution in [-0.4, -0.2) is 51.6 Å². The van der Waals surface area contributed by atoms with Gasteiger partial charge in [0.2, 0.25) is 0 Å². The van der Waals surface area contributed by atoms with Crippen molar-refractivity contribution in [1.82, 2.24) is 9.03 Å². The number of nitrogens with zero attached hydrogens (tertiary/aromatic N) is 1. The highest BCUT2D eigenvalue weighted by atomic mass is 32.2. The summed E-state index contributed by atoms with van der Waals surface area (Å²) in [5, 5.41) is 0. The molecule has 0 bridgehead atoms. The van der Waals surface area contributed by atoms with Gasteiger partial charge in [0.05, 0.1) is 6.10 Å². The molecule has 2 atom stereocenters. The van der Waals surface area contributed by atoms with Crippen LogP contribution in [0, 0.1) is 0 Å². The summed E-state index contributed by atoms with van der Waals surface area (Å²) in [4.78, 5) is 0. The Morgan fingerprint density at radius 2 is 2.25 bits per heavy atom. The molecular weight excluding hydrogens is 230 g/mol. The van der Waals surface area contributed by atoms with E-state index in [1.54, 1.807) is 14.0 Å². The van der Waals surface area contributed by atoms with Gasteiger partial charge >= 0.3 is 0 Å². The quantitative estimate of drug-likeness (QED) is 0.675. The first-order valence-corrected chi connectivity index (χ1v) is 6.98. The van der Waals surface area contributed by atoms with Crippen LogP contribution in [0.2, 0.25) is 0 Å². The van der Waals surface area contributed by atoms with Crippen LogP contribution in [0.5, 0.6) is 0 Å². The molecule has 0 amide bonds. The fraction of sp³-hybridized carbons (Fsp3) is 1.00. The predicted octanol–water partition coefficient (Wildman–Crippen LogP) is -0.721. The van der Waals surface area contributed by atoms with E-state index in [-0.39, 0.29) is 12.1 Å². The van der Waals surface area contributed by atoms with Crippen molar-refractivity contribution in [3.63, 3.8) is 0 Å². The Hall–Kier alpha value is -0.210. The molecule has 1 heterocycles. The van der Waals surface area contributed by atoms with E-state index in [0.29, 0.717) is 26.1 Å². The lowest BCUT2D eigenvalue weighted by atomic mass is 10.0. The highest BCUT2D eigenvalue weighted by Gasteiger charge is 2.34.